The van der Waals surface area contributed by atoms with Crippen LogP contribution in [0.15, 0.2) is 24.3 Å². The molecule has 15 heavy (non-hydrogen) atoms. The fourth-order valence-corrected chi connectivity index (χ4v) is 2.98. The van der Waals surface area contributed by atoms with Crippen LogP contribution in [0.5, 0.6) is 0 Å². The van der Waals surface area contributed by atoms with Gasteiger partial charge >= 0.3 is 0 Å². The molecule has 0 radical (unpaired) electrons. The molecule has 2 rings (SSSR count). The van der Waals surface area contributed by atoms with Crippen molar-refractivity contribution in [3.8, 4) is 0 Å². The highest BCUT2D eigenvalue weighted by molar-refractivity contribution is 7.99. The maximum Gasteiger partial charge on any atom is 0.0208 e. The summed E-state index contributed by atoms with van der Waals surface area (Å²) in [5.74, 6) is 2.65. The van der Waals surface area contributed by atoms with Crippen molar-refractivity contribution in [1.82, 2.24) is 5.32 Å². The third kappa shape index (κ3) is 3.54. The molecular formula is C13H19NS. The number of thioether (sulfide) groups is 1. The second-order valence-corrected chi connectivity index (χ2v) is 5.48. The van der Waals surface area contributed by atoms with Crippen LogP contribution in [0, 0.1) is 6.92 Å². The van der Waals surface area contributed by atoms with Crippen molar-refractivity contribution >= 4 is 11.8 Å². The Morgan fingerprint density at radius 2 is 1.87 bits per heavy atom. The quantitative estimate of drug-likeness (QED) is 0.842. The topological polar surface area (TPSA) is 12.0 Å². The van der Waals surface area contributed by atoms with Gasteiger partial charge in [-0.15, -0.1) is 0 Å². The first kappa shape index (κ1) is 11.0. The maximum atomic E-state index is 3.64. The van der Waals surface area contributed by atoms with Crippen molar-refractivity contribution in [3.63, 3.8) is 0 Å². The predicted molar refractivity (Wildman–Crippen MR) is 68.4 cm³/mol. The number of aryl methyl sites for hydroxylation is 1. The van der Waals surface area contributed by atoms with E-state index in [1.165, 1.54) is 35.5 Å². The molecule has 82 valence electrons. The van der Waals surface area contributed by atoms with Gasteiger partial charge in [0.1, 0.15) is 0 Å². The van der Waals surface area contributed by atoms with E-state index in [1.807, 2.05) is 0 Å². The van der Waals surface area contributed by atoms with E-state index in [2.05, 4.69) is 48.3 Å². The molecule has 0 spiro atoms. The van der Waals surface area contributed by atoms with Gasteiger partial charge in [-0.25, -0.2) is 0 Å². The van der Waals surface area contributed by atoms with E-state index in [1.54, 1.807) is 0 Å². The molecule has 1 saturated heterocycles. The zero-order valence-electron chi connectivity index (χ0n) is 9.33. The van der Waals surface area contributed by atoms with Crippen LogP contribution in [0.25, 0.3) is 0 Å². The van der Waals surface area contributed by atoms with Gasteiger partial charge in [-0.1, -0.05) is 29.8 Å². The molecule has 1 N–H and O–H groups in total. The van der Waals surface area contributed by atoms with Gasteiger partial charge in [0.2, 0.25) is 0 Å². The third-order valence-electron chi connectivity index (χ3n) is 2.94. The molecule has 0 saturated carbocycles. The summed E-state index contributed by atoms with van der Waals surface area (Å²) < 4.78 is 0. The Bertz CT molecular complexity index is 288. The standard InChI is InChI=1S/C13H19NS/c1-11-2-4-12(5-3-11)10-14-13-6-8-15-9-7-13/h2-5,13-14H,6-10H2,1H3. The third-order valence-corrected chi connectivity index (χ3v) is 3.99. The molecule has 1 aromatic carbocycles. The van der Waals surface area contributed by atoms with Crippen LogP contribution in [0.3, 0.4) is 0 Å². The van der Waals surface area contributed by atoms with Crippen molar-refractivity contribution in [1.29, 1.82) is 0 Å². The van der Waals surface area contributed by atoms with E-state index in [9.17, 15) is 0 Å². The van der Waals surface area contributed by atoms with Gasteiger partial charge in [0.25, 0.3) is 0 Å². The molecular weight excluding hydrogens is 202 g/mol. The number of hydrogen-bond donors (Lipinski definition) is 1. The van der Waals surface area contributed by atoms with Gasteiger partial charge in [-0.2, -0.15) is 11.8 Å². The molecule has 1 aliphatic rings. The smallest absolute Gasteiger partial charge is 0.0208 e. The molecule has 2 heteroatoms. The fourth-order valence-electron chi connectivity index (χ4n) is 1.87. The van der Waals surface area contributed by atoms with Crippen molar-refractivity contribution < 1.29 is 0 Å². The lowest BCUT2D eigenvalue weighted by Gasteiger charge is -2.22. The summed E-state index contributed by atoms with van der Waals surface area (Å²) in [4.78, 5) is 0. The monoisotopic (exact) mass is 221 g/mol. The molecule has 0 amide bonds. The summed E-state index contributed by atoms with van der Waals surface area (Å²) in [6.07, 6.45) is 2.66. The van der Waals surface area contributed by atoms with Crippen LogP contribution in [-0.2, 0) is 6.54 Å². The van der Waals surface area contributed by atoms with E-state index >= 15 is 0 Å². The Kier molecular flexibility index (Phi) is 4.09. The Hall–Kier alpha value is -0.470. The van der Waals surface area contributed by atoms with E-state index in [0.29, 0.717) is 0 Å². The van der Waals surface area contributed by atoms with Crippen molar-refractivity contribution in [2.24, 2.45) is 0 Å². The molecule has 1 aromatic rings. The molecule has 0 aromatic heterocycles. The van der Waals surface area contributed by atoms with Crippen molar-refractivity contribution in [2.75, 3.05) is 11.5 Å². The van der Waals surface area contributed by atoms with Gasteiger partial charge in [0, 0.05) is 12.6 Å². The number of nitrogens with one attached hydrogen (secondary N) is 1. The maximum absolute atomic E-state index is 3.64. The second-order valence-electron chi connectivity index (χ2n) is 4.25. The predicted octanol–water partition coefficient (Wildman–Crippen LogP) is 2.98. The van der Waals surface area contributed by atoms with Crippen molar-refractivity contribution in [2.45, 2.75) is 32.4 Å². The Morgan fingerprint density at radius 1 is 1.20 bits per heavy atom. The minimum atomic E-state index is 0.743. The highest BCUT2D eigenvalue weighted by atomic mass is 32.2. The molecule has 1 heterocycles. The molecule has 0 bridgehead atoms. The summed E-state index contributed by atoms with van der Waals surface area (Å²) in [6.45, 7) is 3.16. The summed E-state index contributed by atoms with van der Waals surface area (Å²) in [5.41, 5.74) is 2.74. The zero-order valence-corrected chi connectivity index (χ0v) is 10.1. The summed E-state index contributed by atoms with van der Waals surface area (Å²) in [7, 11) is 0. The van der Waals surface area contributed by atoms with Crippen LogP contribution in [-0.4, -0.2) is 17.5 Å². The van der Waals surface area contributed by atoms with Crippen molar-refractivity contribution in [3.05, 3.63) is 35.4 Å². The lowest BCUT2D eigenvalue weighted by Crippen LogP contribution is -2.31. The van der Waals surface area contributed by atoms with Gasteiger partial charge in [-0.05, 0) is 36.8 Å². The van der Waals surface area contributed by atoms with Gasteiger partial charge < -0.3 is 5.32 Å². The summed E-state index contributed by atoms with van der Waals surface area (Å²) in [6, 6.07) is 9.56. The van der Waals surface area contributed by atoms with E-state index < -0.39 is 0 Å². The van der Waals surface area contributed by atoms with Gasteiger partial charge in [0.15, 0.2) is 0 Å². The number of benzene rings is 1. The normalized spacial score (nSPS) is 17.9. The van der Waals surface area contributed by atoms with Crippen LogP contribution in [0.4, 0.5) is 0 Å². The highest BCUT2D eigenvalue weighted by Gasteiger charge is 2.12. The molecule has 1 nitrogen and oxygen atoms in total. The molecule has 0 unspecified atom stereocenters. The fraction of sp³-hybridized carbons (Fsp3) is 0.538. The van der Waals surface area contributed by atoms with Crippen LogP contribution < -0.4 is 5.32 Å². The Morgan fingerprint density at radius 3 is 2.53 bits per heavy atom. The number of rotatable bonds is 3. The zero-order chi connectivity index (χ0) is 10.5. The van der Waals surface area contributed by atoms with Crippen LogP contribution in [0.1, 0.15) is 24.0 Å². The SMILES string of the molecule is Cc1ccc(CNC2CCSCC2)cc1. The van der Waals surface area contributed by atoms with Gasteiger partial charge in [-0.3, -0.25) is 0 Å². The molecule has 0 aliphatic carbocycles. The first-order valence-electron chi connectivity index (χ1n) is 5.71. The van der Waals surface area contributed by atoms with E-state index in [4.69, 9.17) is 0 Å². The average molecular weight is 221 g/mol. The molecule has 0 atom stereocenters. The second kappa shape index (κ2) is 5.57. The first-order valence-corrected chi connectivity index (χ1v) is 6.87. The minimum Gasteiger partial charge on any atom is -0.310 e. The van der Waals surface area contributed by atoms with Crippen LogP contribution in [0.2, 0.25) is 0 Å². The molecule has 1 aliphatic heterocycles. The van der Waals surface area contributed by atoms with E-state index in [-0.39, 0.29) is 0 Å². The highest BCUT2D eigenvalue weighted by Crippen LogP contribution is 2.17. The summed E-state index contributed by atoms with van der Waals surface area (Å²) in [5, 5.41) is 3.64. The Labute approximate surface area is 96.7 Å². The van der Waals surface area contributed by atoms with E-state index in [0.717, 1.165) is 12.6 Å². The first-order chi connectivity index (χ1) is 7.34. The average Bonchev–Trinajstić information content (AvgIpc) is 2.30. The molecule has 1 fully saturated rings. The minimum absolute atomic E-state index is 0.743. The number of hydrogen-bond acceptors (Lipinski definition) is 2. The lowest BCUT2D eigenvalue weighted by molar-refractivity contribution is 0.482. The van der Waals surface area contributed by atoms with Crippen LogP contribution >= 0.6 is 11.8 Å². The van der Waals surface area contributed by atoms with Gasteiger partial charge in [0.05, 0.1) is 0 Å². The largest absolute Gasteiger partial charge is 0.310 e. The lowest BCUT2D eigenvalue weighted by atomic mass is 10.1. The summed E-state index contributed by atoms with van der Waals surface area (Å²) >= 11 is 2.08. The Balaban J connectivity index is 1.79.